The van der Waals surface area contributed by atoms with Gasteiger partial charge in [0.25, 0.3) is 11.4 Å². The Morgan fingerprint density at radius 3 is 2.22 bits per heavy atom. The zero-order valence-electron chi connectivity index (χ0n) is 12.1. The fraction of sp³-hybridized carbons (Fsp3) is 0.400. The third-order valence-corrected chi connectivity index (χ3v) is 4.40. The van der Waals surface area contributed by atoms with E-state index in [9.17, 15) is 25.0 Å². The van der Waals surface area contributed by atoms with Gasteiger partial charge < -0.3 is 4.74 Å². The molecule has 1 aromatic carbocycles. The summed E-state index contributed by atoms with van der Waals surface area (Å²) >= 11 is 0. The highest BCUT2D eigenvalue weighted by Gasteiger charge is 2.36. The highest BCUT2D eigenvalue weighted by atomic mass is 16.6. The first-order valence-electron chi connectivity index (χ1n) is 7.23. The minimum Gasteiger partial charge on any atom is -0.462 e. The van der Waals surface area contributed by atoms with Crippen molar-refractivity contribution in [2.75, 3.05) is 6.61 Å². The zero-order valence-corrected chi connectivity index (χ0v) is 12.1. The molecule has 1 saturated carbocycles. The van der Waals surface area contributed by atoms with E-state index >= 15 is 0 Å². The Bertz CT molecular complexity index is 682. The molecule has 1 aromatic rings. The van der Waals surface area contributed by atoms with Gasteiger partial charge in [-0.25, -0.2) is 4.79 Å². The van der Waals surface area contributed by atoms with Crippen molar-refractivity contribution in [1.82, 2.24) is 0 Å². The van der Waals surface area contributed by atoms with E-state index in [1.807, 2.05) is 0 Å². The Morgan fingerprint density at radius 2 is 1.74 bits per heavy atom. The summed E-state index contributed by atoms with van der Waals surface area (Å²) in [6.07, 6.45) is 6.34. The highest BCUT2D eigenvalue weighted by Crippen LogP contribution is 2.43. The summed E-state index contributed by atoms with van der Waals surface area (Å²) in [7, 11) is 0. The lowest BCUT2D eigenvalue weighted by Crippen LogP contribution is -2.18. The largest absolute Gasteiger partial charge is 0.462 e. The van der Waals surface area contributed by atoms with Crippen LogP contribution in [0.4, 0.5) is 11.4 Å². The van der Waals surface area contributed by atoms with Crippen molar-refractivity contribution in [3.05, 3.63) is 56.1 Å². The van der Waals surface area contributed by atoms with Crippen LogP contribution in [-0.4, -0.2) is 22.4 Å². The number of esters is 1. The van der Waals surface area contributed by atoms with Crippen LogP contribution in [0, 0.1) is 38.0 Å². The van der Waals surface area contributed by atoms with Crippen molar-refractivity contribution in [3.63, 3.8) is 0 Å². The topological polar surface area (TPSA) is 113 Å². The number of benzene rings is 1. The van der Waals surface area contributed by atoms with Gasteiger partial charge in [0.05, 0.1) is 28.1 Å². The van der Waals surface area contributed by atoms with Crippen molar-refractivity contribution in [1.29, 1.82) is 0 Å². The maximum atomic E-state index is 12.1. The summed E-state index contributed by atoms with van der Waals surface area (Å²) in [5, 5.41) is 21.7. The van der Waals surface area contributed by atoms with Crippen LogP contribution in [0.3, 0.4) is 0 Å². The summed E-state index contributed by atoms with van der Waals surface area (Å²) < 4.78 is 5.22. The number of nitro benzene ring substituents is 2. The molecular formula is C15H14N2O6. The number of nitro groups is 2. The monoisotopic (exact) mass is 318 g/mol. The molecule has 0 heterocycles. The number of rotatable bonds is 5. The van der Waals surface area contributed by atoms with Gasteiger partial charge in [-0.15, -0.1) is 0 Å². The lowest BCUT2D eigenvalue weighted by atomic mass is 9.95. The fourth-order valence-corrected chi connectivity index (χ4v) is 3.28. The van der Waals surface area contributed by atoms with Crippen molar-refractivity contribution >= 4 is 17.3 Å². The quantitative estimate of drug-likeness (QED) is 0.357. The maximum Gasteiger partial charge on any atom is 0.338 e. The molecule has 2 aliphatic rings. The van der Waals surface area contributed by atoms with Crippen molar-refractivity contribution < 1.29 is 19.4 Å². The lowest BCUT2D eigenvalue weighted by Gasteiger charge is -2.17. The fourth-order valence-electron chi connectivity index (χ4n) is 3.28. The molecule has 0 radical (unpaired) electrons. The van der Waals surface area contributed by atoms with Crippen LogP contribution < -0.4 is 0 Å². The number of hydrogen-bond donors (Lipinski definition) is 0. The smallest absolute Gasteiger partial charge is 0.338 e. The molecule has 0 spiro atoms. The first kappa shape index (κ1) is 15.1. The number of hydrogen-bond acceptors (Lipinski definition) is 6. The number of ether oxygens (including phenoxy) is 1. The van der Waals surface area contributed by atoms with Crippen LogP contribution >= 0.6 is 0 Å². The third-order valence-electron chi connectivity index (χ3n) is 4.40. The van der Waals surface area contributed by atoms with Crippen LogP contribution in [0.2, 0.25) is 0 Å². The number of allylic oxidation sites excluding steroid dienone is 2. The number of carbonyl (C=O) groups is 1. The summed E-state index contributed by atoms with van der Waals surface area (Å²) in [5.41, 5.74) is -1.19. The van der Waals surface area contributed by atoms with Crippen LogP contribution in [0.1, 0.15) is 23.2 Å². The SMILES string of the molecule is O=C(OCC1CC2C=CC1C2)c1cc([N+](=O)[O-])cc([N+](=O)[O-])c1. The maximum absolute atomic E-state index is 12.1. The van der Waals surface area contributed by atoms with E-state index in [2.05, 4.69) is 12.2 Å². The standard InChI is InChI=1S/C15H14N2O6/c18-15(23-8-12-4-9-1-2-10(12)3-9)11-5-13(16(19)20)7-14(6-11)17(21)22/h1-2,5-7,9-10,12H,3-4,8H2. The Kier molecular flexibility index (Phi) is 3.81. The predicted molar refractivity (Wildman–Crippen MR) is 78.9 cm³/mol. The molecule has 3 unspecified atom stereocenters. The zero-order chi connectivity index (χ0) is 16.6. The summed E-state index contributed by atoms with van der Waals surface area (Å²) in [6.45, 7) is 0.223. The average molecular weight is 318 g/mol. The van der Waals surface area contributed by atoms with Gasteiger partial charge in [-0.05, 0) is 30.6 Å². The Labute approximate surface area is 131 Å². The van der Waals surface area contributed by atoms with Gasteiger partial charge in [-0.3, -0.25) is 20.2 Å². The molecule has 8 nitrogen and oxygen atoms in total. The van der Waals surface area contributed by atoms with Crippen LogP contribution in [0.5, 0.6) is 0 Å². The second-order valence-corrected chi connectivity index (χ2v) is 5.89. The first-order chi connectivity index (χ1) is 10.9. The molecule has 0 saturated heterocycles. The predicted octanol–water partition coefficient (Wildman–Crippen LogP) is 2.87. The number of nitrogens with zero attached hydrogens (tertiary/aromatic N) is 2. The van der Waals surface area contributed by atoms with Gasteiger partial charge >= 0.3 is 5.97 Å². The van der Waals surface area contributed by atoms with E-state index in [1.165, 1.54) is 0 Å². The molecule has 1 fully saturated rings. The van der Waals surface area contributed by atoms with E-state index in [0.29, 0.717) is 11.8 Å². The van der Waals surface area contributed by atoms with Crippen LogP contribution in [0.25, 0.3) is 0 Å². The minimum absolute atomic E-state index is 0.176. The van der Waals surface area contributed by atoms with E-state index in [1.54, 1.807) is 0 Å². The molecule has 3 rings (SSSR count). The van der Waals surface area contributed by atoms with Crippen molar-refractivity contribution in [2.45, 2.75) is 12.8 Å². The average Bonchev–Trinajstić information content (AvgIpc) is 3.14. The molecule has 0 amide bonds. The molecular weight excluding hydrogens is 304 g/mol. The normalized spacial score (nSPS) is 24.6. The Morgan fingerprint density at radius 1 is 1.09 bits per heavy atom. The summed E-state index contributed by atoms with van der Waals surface area (Å²) in [6, 6.07) is 2.81. The van der Waals surface area contributed by atoms with E-state index in [4.69, 9.17) is 4.74 Å². The van der Waals surface area contributed by atoms with E-state index in [-0.39, 0.29) is 18.1 Å². The van der Waals surface area contributed by atoms with Gasteiger partial charge in [0.15, 0.2) is 0 Å². The Balaban J connectivity index is 1.72. The lowest BCUT2D eigenvalue weighted by molar-refractivity contribution is -0.394. The molecule has 2 aliphatic carbocycles. The van der Waals surface area contributed by atoms with Crippen LogP contribution in [-0.2, 0) is 4.74 Å². The molecule has 0 N–H and O–H groups in total. The second kappa shape index (κ2) is 5.79. The Hall–Kier alpha value is -2.77. The third kappa shape index (κ3) is 3.05. The molecule has 2 bridgehead atoms. The second-order valence-electron chi connectivity index (χ2n) is 5.89. The van der Waals surface area contributed by atoms with Crippen molar-refractivity contribution in [3.8, 4) is 0 Å². The van der Waals surface area contributed by atoms with Gasteiger partial charge in [-0.1, -0.05) is 12.2 Å². The number of non-ortho nitro benzene ring substituents is 2. The molecule has 23 heavy (non-hydrogen) atoms. The summed E-state index contributed by atoms with van der Waals surface area (Å²) in [4.78, 5) is 32.2. The minimum atomic E-state index is -0.774. The first-order valence-corrected chi connectivity index (χ1v) is 7.23. The molecule has 0 aliphatic heterocycles. The molecule has 0 aromatic heterocycles. The van der Waals surface area contributed by atoms with Gasteiger partial charge in [0.2, 0.25) is 0 Å². The highest BCUT2D eigenvalue weighted by molar-refractivity contribution is 5.91. The van der Waals surface area contributed by atoms with E-state index in [0.717, 1.165) is 31.0 Å². The van der Waals surface area contributed by atoms with Crippen LogP contribution in [0.15, 0.2) is 30.4 Å². The molecule has 8 heteroatoms. The molecule has 3 atom stereocenters. The molecule has 120 valence electrons. The van der Waals surface area contributed by atoms with E-state index < -0.39 is 27.2 Å². The van der Waals surface area contributed by atoms with Gasteiger partial charge in [0.1, 0.15) is 0 Å². The number of carbonyl (C=O) groups excluding carboxylic acids is 1. The van der Waals surface area contributed by atoms with Gasteiger partial charge in [0, 0.05) is 12.1 Å². The summed E-state index contributed by atoms with van der Waals surface area (Å²) in [5.74, 6) is 0.432. The van der Waals surface area contributed by atoms with Crippen molar-refractivity contribution in [2.24, 2.45) is 17.8 Å². The van der Waals surface area contributed by atoms with Gasteiger partial charge in [-0.2, -0.15) is 0 Å². The number of fused-ring (bicyclic) bond motifs is 2.